The molecule has 1 aromatic carbocycles. The van der Waals surface area contributed by atoms with E-state index in [-0.39, 0.29) is 0 Å². The molecule has 3 heteroatoms. The Morgan fingerprint density at radius 3 is 3.00 bits per heavy atom. The van der Waals surface area contributed by atoms with Crippen molar-refractivity contribution in [2.24, 2.45) is 0 Å². The summed E-state index contributed by atoms with van der Waals surface area (Å²) in [6.45, 7) is 4.93. The van der Waals surface area contributed by atoms with Gasteiger partial charge in [0.15, 0.2) is 0 Å². The zero-order chi connectivity index (χ0) is 13.8. The number of aromatic nitrogens is 2. The van der Waals surface area contributed by atoms with Gasteiger partial charge >= 0.3 is 0 Å². The molecule has 1 N–H and O–H groups in total. The van der Waals surface area contributed by atoms with Crippen LogP contribution in [0.3, 0.4) is 0 Å². The van der Waals surface area contributed by atoms with Gasteiger partial charge in [0.05, 0.1) is 0 Å². The van der Waals surface area contributed by atoms with Crippen molar-refractivity contribution in [1.82, 2.24) is 14.9 Å². The molecule has 0 aliphatic rings. The lowest BCUT2D eigenvalue weighted by atomic mass is 10.2. The number of rotatable bonds is 5. The zero-order valence-electron chi connectivity index (χ0n) is 11.7. The van der Waals surface area contributed by atoms with Gasteiger partial charge in [0, 0.05) is 43.7 Å². The van der Waals surface area contributed by atoms with Crippen LogP contribution in [-0.2, 0) is 13.1 Å². The maximum absolute atomic E-state index is 4.12. The molecule has 2 aromatic heterocycles. The molecule has 0 aliphatic heterocycles. The molecular weight excluding hydrogens is 246 g/mol. The van der Waals surface area contributed by atoms with Crippen LogP contribution in [0, 0.1) is 6.92 Å². The second-order valence-electron chi connectivity index (χ2n) is 5.11. The lowest BCUT2D eigenvalue weighted by molar-refractivity contribution is 0.608. The molecule has 20 heavy (non-hydrogen) atoms. The van der Waals surface area contributed by atoms with Crippen LogP contribution in [0.15, 0.2) is 55.0 Å². The van der Waals surface area contributed by atoms with Gasteiger partial charge in [0.1, 0.15) is 0 Å². The second-order valence-corrected chi connectivity index (χ2v) is 5.11. The van der Waals surface area contributed by atoms with Crippen LogP contribution in [0.4, 0.5) is 0 Å². The summed E-state index contributed by atoms with van der Waals surface area (Å²) in [4.78, 5) is 4.12. The summed E-state index contributed by atoms with van der Waals surface area (Å²) < 4.78 is 2.30. The van der Waals surface area contributed by atoms with Crippen LogP contribution in [0.2, 0.25) is 0 Å². The third-order valence-electron chi connectivity index (χ3n) is 3.51. The highest BCUT2D eigenvalue weighted by atomic mass is 15.0. The number of fused-ring (bicyclic) bond motifs is 1. The van der Waals surface area contributed by atoms with Crippen molar-refractivity contribution in [3.05, 3.63) is 66.1 Å². The summed E-state index contributed by atoms with van der Waals surface area (Å²) in [7, 11) is 0. The number of hydrogen-bond donors (Lipinski definition) is 1. The van der Waals surface area contributed by atoms with Gasteiger partial charge in [-0.2, -0.15) is 0 Å². The fraction of sp³-hybridized carbons (Fsp3) is 0.235. The Morgan fingerprint density at radius 2 is 2.15 bits per heavy atom. The van der Waals surface area contributed by atoms with Crippen molar-refractivity contribution in [2.45, 2.75) is 20.0 Å². The minimum atomic E-state index is 0.867. The Morgan fingerprint density at radius 1 is 1.20 bits per heavy atom. The Balaban J connectivity index is 1.58. The molecule has 0 saturated carbocycles. The van der Waals surface area contributed by atoms with Gasteiger partial charge in [0.2, 0.25) is 0 Å². The first-order valence-electron chi connectivity index (χ1n) is 6.98. The molecule has 3 aromatic rings. The summed E-state index contributed by atoms with van der Waals surface area (Å²) >= 11 is 0. The smallest absolute Gasteiger partial charge is 0.0480 e. The SMILES string of the molecule is Cc1ccc2c(ccn2CCNCc2cccnc2)c1. The van der Waals surface area contributed by atoms with Crippen molar-refractivity contribution in [3.63, 3.8) is 0 Å². The maximum atomic E-state index is 4.12. The van der Waals surface area contributed by atoms with Gasteiger partial charge in [-0.25, -0.2) is 0 Å². The van der Waals surface area contributed by atoms with Crippen molar-refractivity contribution in [1.29, 1.82) is 0 Å². The second kappa shape index (κ2) is 5.88. The molecular formula is C17H19N3. The Labute approximate surface area is 119 Å². The molecule has 0 atom stereocenters. The summed E-state index contributed by atoms with van der Waals surface area (Å²) in [6, 6.07) is 12.8. The van der Waals surface area contributed by atoms with E-state index < -0.39 is 0 Å². The molecule has 3 rings (SSSR count). The average molecular weight is 265 g/mol. The van der Waals surface area contributed by atoms with Gasteiger partial charge < -0.3 is 9.88 Å². The molecule has 2 heterocycles. The lowest BCUT2D eigenvalue weighted by Crippen LogP contribution is -2.19. The van der Waals surface area contributed by atoms with E-state index in [9.17, 15) is 0 Å². The van der Waals surface area contributed by atoms with E-state index in [4.69, 9.17) is 0 Å². The Kier molecular flexibility index (Phi) is 3.79. The van der Waals surface area contributed by atoms with Gasteiger partial charge in [-0.1, -0.05) is 17.7 Å². The van der Waals surface area contributed by atoms with E-state index in [1.165, 1.54) is 22.0 Å². The molecule has 0 spiro atoms. The van der Waals surface area contributed by atoms with Crippen LogP contribution in [0.1, 0.15) is 11.1 Å². The minimum Gasteiger partial charge on any atom is -0.346 e. The average Bonchev–Trinajstić information content (AvgIpc) is 2.87. The molecule has 0 saturated heterocycles. The molecule has 0 amide bonds. The number of nitrogens with zero attached hydrogens (tertiary/aromatic N) is 2. The van der Waals surface area contributed by atoms with Crippen LogP contribution in [-0.4, -0.2) is 16.1 Å². The topological polar surface area (TPSA) is 29.9 Å². The standard InChI is InChI=1S/C17H19N3/c1-14-4-5-17-16(11-14)6-9-20(17)10-8-19-13-15-3-2-7-18-12-15/h2-7,9,11-12,19H,8,10,13H2,1H3. The highest BCUT2D eigenvalue weighted by Gasteiger charge is 2.00. The van der Waals surface area contributed by atoms with E-state index in [0.717, 1.165) is 19.6 Å². The molecule has 0 radical (unpaired) electrons. The lowest BCUT2D eigenvalue weighted by Gasteiger charge is -2.07. The number of benzene rings is 1. The predicted octanol–water partition coefficient (Wildman–Crippen LogP) is 3.13. The van der Waals surface area contributed by atoms with Crippen molar-refractivity contribution in [2.75, 3.05) is 6.54 Å². The number of nitrogens with one attached hydrogen (secondary N) is 1. The first kappa shape index (κ1) is 12.9. The van der Waals surface area contributed by atoms with Gasteiger partial charge in [-0.05, 0) is 42.1 Å². The third-order valence-corrected chi connectivity index (χ3v) is 3.51. The first-order chi connectivity index (χ1) is 9.83. The van der Waals surface area contributed by atoms with Crippen LogP contribution in [0.25, 0.3) is 10.9 Å². The van der Waals surface area contributed by atoms with Gasteiger partial charge in [-0.15, -0.1) is 0 Å². The van der Waals surface area contributed by atoms with Gasteiger partial charge in [0.25, 0.3) is 0 Å². The highest BCUT2D eigenvalue weighted by Crippen LogP contribution is 2.16. The van der Waals surface area contributed by atoms with E-state index in [1.807, 2.05) is 12.3 Å². The molecule has 3 nitrogen and oxygen atoms in total. The quantitative estimate of drug-likeness (QED) is 0.718. The van der Waals surface area contributed by atoms with E-state index in [1.54, 1.807) is 6.20 Å². The fourth-order valence-electron chi connectivity index (χ4n) is 2.45. The van der Waals surface area contributed by atoms with Crippen LogP contribution in [0.5, 0.6) is 0 Å². The third kappa shape index (κ3) is 2.89. The fourth-order valence-corrected chi connectivity index (χ4v) is 2.45. The van der Waals surface area contributed by atoms with Crippen LogP contribution < -0.4 is 5.32 Å². The van der Waals surface area contributed by atoms with E-state index in [0.29, 0.717) is 0 Å². The monoisotopic (exact) mass is 265 g/mol. The van der Waals surface area contributed by atoms with Crippen molar-refractivity contribution in [3.8, 4) is 0 Å². The largest absolute Gasteiger partial charge is 0.346 e. The molecule has 102 valence electrons. The molecule has 0 fully saturated rings. The normalized spacial score (nSPS) is 11.1. The van der Waals surface area contributed by atoms with Crippen LogP contribution >= 0.6 is 0 Å². The van der Waals surface area contributed by atoms with E-state index in [2.05, 4.69) is 58.3 Å². The van der Waals surface area contributed by atoms with Crippen molar-refractivity contribution >= 4 is 10.9 Å². The molecule has 0 aliphatic carbocycles. The molecule has 0 bridgehead atoms. The summed E-state index contributed by atoms with van der Waals surface area (Å²) in [5.74, 6) is 0. The zero-order valence-corrected chi connectivity index (χ0v) is 11.7. The van der Waals surface area contributed by atoms with E-state index >= 15 is 0 Å². The number of aryl methyl sites for hydroxylation is 1. The van der Waals surface area contributed by atoms with Gasteiger partial charge in [-0.3, -0.25) is 4.98 Å². The number of hydrogen-bond acceptors (Lipinski definition) is 2. The highest BCUT2D eigenvalue weighted by molar-refractivity contribution is 5.80. The minimum absolute atomic E-state index is 0.867. The maximum Gasteiger partial charge on any atom is 0.0480 e. The Hall–Kier alpha value is -2.13. The molecule has 0 unspecified atom stereocenters. The summed E-state index contributed by atoms with van der Waals surface area (Å²) in [6.07, 6.45) is 5.87. The summed E-state index contributed by atoms with van der Waals surface area (Å²) in [5, 5.41) is 4.77. The van der Waals surface area contributed by atoms with Crippen molar-refractivity contribution < 1.29 is 0 Å². The summed E-state index contributed by atoms with van der Waals surface area (Å²) in [5.41, 5.74) is 3.84. The Bertz CT molecular complexity index is 686. The first-order valence-corrected chi connectivity index (χ1v) is 6.98. The predicted molar refractivity (Wildman–Crippen MR) is 82.6 cm³/mol. The number of pyridine rings is 1.